The van der Waals surface area contributed by atoms with E-state index in [2.05, 4.69) is 15.6 Å². The van der Waals surface area contributed by atoms with Crippen molar-refractivity contribution in [2.45, 2.75) is 25.7 Å². The normalized spacial score (nSPS) is 14.2. The number of nitrogen functional groups attached to an aromatic ring is 1. The van der Waals surface area contributed by atoms with Gasteiger partial charge in [0.25, 0.3) is 0 Å². The Morgan fingerprint density at radius 1 is 1.33 bits per heavy atom. The van der Waals surface area contributed by atoms with Crippen molar-refractivity contribution < 1.29 is 4.79 Å². The third-order valence-corrected chi connectivity index (χ3v) is 2.94. The molecule has 0 spiro atoms. The molecule has 5 nitrogen and oxygen atoms in total. The van der Waals surface area contributed by atoms with Gasteiger partial charge in [-0.25, -0.2) is 4.98 Å². The molecule has 0 bridgehead atoms. The number of amides is 1. The monoisotopic (exact) mass is 248 g/mol. The van der Waals surface area contributed by atoms with Gasteiger partial charge in [-0.15, -0.1) is 0 Å². The first-order valence-electron chi connectivity index (χ1n) is 6.49. The van der Waals surface area contributed by atoms with E-state index in [1.54, 1.807) is 6.20 Å². The molecule has 0 radical (unpaired) electrons. The largest absolute Gasteiger partial charge is 0.397 e. The molecule has 1 fully saturated rings. The van der Waals surface area contributed by atoms with E-state index < -0.39 is 0 Å². The van der Waals surface area contributed by atoms with Gasteiger partial charge in [0.05, 0.1) is 11.9 Å². The maximum absolute atomic E-state index is 11.3. The summed E-state index contributed by atoms with van der Waals surface area (Å²) < 4.78 is 0. The zero-order valence-corrected chi connectivity index (χ0v) is 10.5. The molecule has 0 aromatic carbocycles. The van der Waals surface area contributed by atoms with E-state index in [1.807, 2.05) is 12.1 Å². The fourth-order valence-corrected chi connectivity index (χ4v) is 1.68. The molecule has 2 rings (SSSR count). The SMILES string of the molecule is Nc1ccc(NCCCCNC(=O)C2CC2)nc1. The molecule has 0 aliphatic heterocycles. The van der Waals surface area contributed by atoms with Gasteiger partial charge in [-0.05, 0) is 37.8 Å². The average molecular weight is 248 g/mol. The lowest BCUT2D eigenvalue weighted by Gasteiger charge is -2.06. The first-order chi connectivity index (χ1) is 8.75. The molecular weight excluding hydrogens is 228 g/mol. The molecule has 0 unspecified atom stereocenters. The van der Waals surface area contributed by atoms with E-state index in [0.29, 0.717) is 11.6 Å². The maximum atomic E-state index is 11.3. The second-order valence-corrected chi connectivity index (χ2v) is 4.68. The van der Waals surface area contributed by atoms with E-state index in [1.165, 1.54) is 0 Å². The van der Waals surface area contributed by atoms with Crippen LogP contribution in [0.1, 0.15) is 25.7 Å². The molecule has 1 aliphatic rings. The van der Waals surface area contributed by atoms with Crippen molar-refractivity contribution >= 4 is 17.4 Å². The van der Waals surface area contributed by atoms with Gasteiger partial charge in [-0.2, -0.15) is 0 Å². The van der Waals surface area contributed by atoms with Crippen LogP contribution in [0.5, 0.6) is 0 Å². The summed E-state index contributed by atoms with van der Waals surface area (Å²) in [7, 11) is 0. The first kappa shape index (κ1) is 12.7. The smallest absolute Gasteiger partial charge is 0.223 e. The zero-order chi connectivity index (χ0) is 12.8. The van der Waals surface area contributed by atoms with Gasteiger partial charge in [-0.3, -0.25) is 4.79 Å². The minimum Gasteiger partial charge on any atom is -0.397 e. The van der Waals surface area contributed by atoms with Crippen molar-refractivity contribution in [1.82, 2.24) is 10.3 Å². The summed E-state index contributed by atoms with van der Waals surface area (Å²) in [6.45, 7) is 1.63. The molecular formula is C13H20N4O. The Balaban J connectivity index is 1.50. The number of aromatic nitrogens is 1. The summed E-state index contributed by atoms with van der Waals surface area (Å²) in [6.07, 6.45) is 5.77. The summed E-state index contributed by atoms with van der Waals surface area (Å²) in [5.74, 6) is 1.37. The number of nitrogens with two attached hydrogens (primary N) is 1. The highest BCUT2D eigenvalue weighted by atomic mass is 16.2. The Bertz CT molecular complexity index is 386. The van der Waals surface area contributed by atoms with E-state index in [0.717, 1.165) is 44.6 Å². The lowest BCUT2D eigenvalue weighted by molar-refractivity contribution is -0.122. The van der Waals surface area contributed by atoms with Crippen molar-refractivity contribution in [3.05, 3.63) is 18.3 Å². The van der Waals surface area contributed by atoms with E-state index in [9.17, 15) is 4.79 Å². The van der Waals surface area contributed by atoms with Crippen LogP contribution in [0.3, 0.4) is 0 Å². The van der Waals surface area contributed by atoms with Crippen molar-refractivity contribution in [2.24, 2.45) is 5.92 Å². The number of unbranched alkanes of at least 4 members (excludes halogenated alkanes) is 1. The topological polar surface area (TPSA) is 80.0 Å². The maximum Gasteiger partial charge on any atom is 0.223 e. The van der Waals surface area contributed by atoms with Crippen LogP contribution < -0.4 is 16.4 Å². The van der Waals surface area contributed by atoms with Crippen LogP contribution in [0.4, 0.5) is 11.5 Å². The van der Waals surface area contributed by atoms with Crippen LogP contribution in [0.25, 0.3) is 0 Å². The van der Waals surface area contributed by atoms with Crippen LogP contribution in [-0.2, 0) is 4.79 Å². The third kappa shape index (κ3) is 4.24. The molecule has 18 heavy (non-hydrogen) atoms. The number of anilines is 2. The molecule has 1 aromatic rings. The zero-order valence-electron chi connectivity index (χ0n) is 10.5. The van der Waals surface area contributed by atoms with Gasteiger partial charge in [0.1, 0.15) is 5.82 Å². The summed E-state index contributed by atoms with van der Waals surface area (Å²) in [5, 5.41) is 6.17. The highest BCUT2D eigenvalue weighted by molar-refractivity contribution is 5.80. The van der Waals surface area contributed by atoms with Crippen molar-refractivity contribution in [1.29, 1.82) is 0 Å². The molecule has 0 atom stereocenters. The Labute approximate surface area is 107 Å². The fourth-order valence-electron chi connectivity index (χ4n) is 1.68. The summed E-state index contributed by atoms with van der Waals surface area (Å²) in [6, 6.07) is 3.69. The average Bonchev–Trinajstić information content (AvgIpc) is 3.19. The van der Waals surface area contributed by atoms with Gasteiger partial charge in [0.15, 0.2) is 0 Å². The van der Waals surface area contributed by atoms with Crippen LogP contribution in [0.15, 0.2) is 18.3 Å². The molecule has 1 saturated carbocycles. The Hall–Kier alpha value is -1.78. The predicted molar refractivity (Wildman–Crippen MR) is 72.1 cm³/mol. The predicted octanol–water partition coefficient (Wildman–Crippen LogP) is 1.38. The van der Waals surface area contributed by atoms with E-state index in [4.69, 9.17) is 5.73 Å². The molecule has 4 N–H and O–H groups in total. The van der Waals surface area contributed by atoms with Crippen LogP contribution >= 0.6 is 0 Å². The Morgan fingerprint density at radius 3 is 2.78 bits per heavy atom. The molecule has 98 valence electrons. The summed E-state index contributed by atoms with van der Waals surface area (Å²) >= 11 is 0. The lowest BCUT2D eigenvalue weighted by Crippen LogP contribution is -2.26. The first-order valence-corrected chi connectivity index (χ1v) is 6.49. The third-order valence-electron chi connectivity index (χ3n) is 2.94. The molecule has 1 aliphatic carbocycles. The number of hydrogen-bond acceptors (Lipinski definition) is 4. The Kier molecular flexibility index (Phi) is 4.39. The molecule has 1 amide bonds. The van der Waals surface area contributed by atoms with E-state index in [-0.39, 0.29) is 5.91 Å². The van der Waals surface area contributed by atoms with Crippen molar-refractivity contribution in [3.8, 4) is 0 Å². The minimum atomic E-state index is 0.225. The highest BCUT2D eigenvalue weighted by Gasteiger charge is 2.28. The van der Waals surface area contributed by atoms with Gasteiger partial charge >= 0.3 is 0 Å². The van der Waals surface area contributed by atoms with Crippen molar-refractivity contribution in [3.63, 3.8) is 0 Å². The number of hydrogen-bond donors (Lipinski definition) is 3. The van der Waals surface area contributed by atoms with Crippen molar-refractivity contribution in [2.75, 3.05) is 24.1 Å². The van der Waals surface area contributed by atoms with Gasteiger partial charge in [-0.1, -0.05) is 0 Å². The molecule has 5 heteroatoms. The summed E-state index contributed by atoms with van der Waals surface area (Å²) in [4.78, 5) is 15.5. The second-order valence-electron chi connectivity index (χ2n) is 4.68. The quantitative estimate of drug-likeness (QED) is 0.637. The van der Waals surface area contributed by atoms with Gasteiger partial charge in [0.2, 0.25) is 5.91 Å². The summed E-state index contributed by atoms with van der Waals surface area (Å²) in [5.41, 5.74) is 6.22. The molecule has 1 heterocycles. The highest BCUT2D eigenvalue weighted by Crippen LogP contribution is 2.28. The molecule has 1 aromatic heterocycles. The molecule has 0 saturated heterocycles. The number of carbonyl (C=O) groups is 1. The lowest BCUT2D eigenvalue weighted by atomic mass is 10.3. The number of nitrogens with zero attached hydrogens (tertiary/aromatic N) is 1. The van der Waals surface area contributed by atoms with Crippen LogP contribution in [0.2, 0.25) is 0 Å². The standard InChI is InChI=1S/C13H20N4O/c14-11-5-6-12(17-9-11)15-7-1-2-8-16-13(18)10-3-4-10/h5-6,9-10H,1-4,7-8,14H2,(H,15,17)(H,16,18). The Morgan fingerprint density at radius 2 is 2.11 bits per heavy atom. The fraction of sp³-hybridized carbons (Fsp3) is 0.538. The number of carbonyl (C=O) groups excluding carboxylic acids is 1. The number of nitrogens with one attached hydrogen (secondary N) is 2. The van der Waals surface area contributed by atoms with Crippen LogP contribution in [0, 0.1) is 5.92 Å². The minimum absolute atomic E-state index is 0.225. The number of pyridine rings is 1. The van der Waals surface area contributed by atoms with Crippen LogP contribution in [-0.4, -0.2) is 24.0 Å². The van der Waals surface area contributed by atoms with Gasteiger partial charge in [0, 0.05) is 19.0 Å². The second kappa shape index (κ2) is 6.23. The van der Waals surface area contributed by atoms with Gasteiger partial charge < -0.3 is 16.4 Å². The van der Waals surface area contributed by atoms with E-state index >= 15 is 0 Å². The number of rotatable bonds is 7.